The monoisotopic (exact) mass is 738 g/mol. The van der Waals surface area contributed by atoms with Crippen LogP contribution in [0.5, 0.6) is 0 Å². The maximum atomic E-state index is 12.1. The summed E-state index contributed by atoms with van der Waals surface area (Å²) in [5.74, 6) is 3.58. The molecule has 230 valence electrons. The highest BCUT2D eigenvalue weighted by atomic mass is 32.3. The Balaban J connectivity index is 3.37. The maximum Gasteiger partial charge on any atom is 0.307 e. The number of esters is 2. The van der Waals surface area contributed by atoms with Crippen molar-refractivity contribution >= 4 is 134 Å². The topological polar surface area (TPSA) is 127 Å². The molecule has 0 amide bonds. The second kappa shape index (κ2) is 32.7. The van der Waals surface area contributed by atoms with Crippen LogP contribution >= 0.6 is 106 Å². The first-order chi connectivity index (χ1) is 19.0. The molecule has 1 atom stereocenters. The summed E-state index contributed by atoms with van der Waals surface area (Å²) in [6.45, 7) is 0. The van der Waals surface area contributed by atoms with Gasteiger partial charge in [0.25, 0.3) is 0 Å². The fourth-order valence-corrected chi connectivity index (χ4v) is 12.1. The lowest BCUT2D eigenvalue weighted by molar-refractivity contribution is -0.141. The van der Waals surface area contributed by atoms with Gasteiger partial charge in [0.05, 0.1) is 29.8 Å². The first kappa shape index (κ1) is 40.8. The van der Waals surface area contributed by atoms with Gasteiger partial charge in [-0.1, -0.05) is 35.3 Å². The first-order valence-electron chi connectivity index (χ1n) is 11.6. The van der Waals surface area contributed by atoms with Gasteiger partial charge in [-0.3, -0.25) is 18.6 Å². The summed E-state index contributed by atoms with van der Waals surface area (Å²) in [5, 5.41) is 21.3. The Morgan fingerprint density at radius 3 is 1.69 bits per heavy atom. The van der Waals surface area contributed by atoms with E-state index >= 15 is 0 Å². The fourth-order valence-electron chi connectivity index (χ4n) is 2.03. The van der Waals surface area contributed by atoms with Crippen LogP contribution in [0.1, 0.15) is 25.7 Å². The lowest BCUT2D eigenvalue weighted by atomic mass is 10.5. The van der Waals surface area contributed by atoms with Crippen LogP contribution in [0.15, 0.2) is 0 Å². The molecule has 2 N–H and O–H groups in total. The predicted octanol–water partition coefficient (Wildman–Crippen LogP) is 5.11. The Morgan fingerprint density at radius 2 is 1.13 bits per heavy atom. The lowest BCUT2D eigenvalue weighted by Gasteiger charge is -2.05. The van der Waals surface area contributed by atoms with Gasteiger partial charge < -0.3 is 19.7 Å². The molecule has 0 fully saturated rings. The van der Waals surface area contributed by atoms with Gasteiger partial charge in [0.1, 0.15) is 11.9 Å². The second-order valence-corrected chi connectivity index (χ2v) is 19.5. The molecule has 0 aliphatic rings. The summed E-state index contributed by atoms with van der Waals surface area (Å²) in [7, 11) is -0.832. The van der Waals surface area contributed by atoms with Gasteiger partial charge in [-0.25, -0.2) is 0 Å². The van der Waals surface area contributed by atoms with Gasteiger partial charge >= 0.3 is 11.9 Å². The van der Waals surface area contributed by atoms with E-state index in [0.29, 0.717) is 46.7 Å². The van der Waals surface area contributed by atoms with Gasteiger partial charge in [0, 0.05) is 60.6 Å². The average molecular weight is 739 g/mol. The summed E-state index contributed by atoms with van der Waals surface area (Å²) < 4.78 is 22.0. The van der Waals surface area contributed by atoms with E-state index in [0.717, 1.165) is 56.7 Å². The smallest absolute Gasteiger partial charge is 0.307 e. The number of aliphatic hydroxyl groups is 2. The number of ether oxygens (including phenoxy) is 2. The van der Waals surface area contributed by atoms with E-state index in [1.807, 2.05) is 0 Å². The molecule has 39 heavy (non-hydrogen) atoms. The summed E-state index contributed by atoms with van der Waals surface area (Å²) in [4.78, 5) is 34.8. The van der Waals surface area contributed by atoms with Crippen LogP contribution in [0.3, 0.4) is 0 Å². The zero-order valence-electron chi connectivity index (χ0n) is 21.7. The minimum absolute atomic E-state index is 0.0531. The number of hydrogen-bond acceptors (Lipinski definition) is 17. The highest BCUT2D eigenvalue weighted by molar-refractivity contribution is 8.28. The second-order valence-electron chi connectivity index (χ2n) is 6.83. The molecule has 18 heteroatoms. The predicted molar refractivity (Wildman–Crippen MR) is 185 cm³/mol. The third-order valence-electron chi connectivity index (χ3n) is 3.82. The fraction of sp³-hybridized carbons (Fsp3) is 0.857. The molecule has 0 rings (SSSR count). The van der Waals surface area contributed by atoms with Crippen molar-refractivity contribution in [2.45, 2.75) is 25.7 Å². The molecule has 0 saturated heterocycles. The third-order valence-corrected chi connectivity index (χ3v) is 14.9. The van der Waals surface area contributed by atoms with Crippen molar-refractivity contribution in [1.82, 2.24) is 0 Å². The molecule has 0 aromatic rings. The van der Waals surface area contributed by atoms with E-state index in [1.165, 1.54) is 11.8 Å². The summed E-state index contributed by atoms with van der Waals surface area (Å²) in [5.41, 5.74) is 0. The third kappa shape index (κ3) is 32.6. The van der Waals surface area contributed by atoms with Gasteiger partial charge in [0.2, 0.25) is 0 Å². The number of carbonyl (C=O) groups excluding carboxylic acids is 3. The van der Waals surface area contributed by atoms with Crippen molar-refractivity contribution in [3.63, 3.8) is 0 Å². The number of aliphatic hydroxyl groups excluding tert-OH is 2. The van der Waals surface area contributed by atoms with Crippen molar-refractivity contribution < 1.29 is 38.3 Å². The quantitative estimate of drug-likeness (QED) is 0.0599. The molecule has 0 spiro atoms. The van der Waals surface area contributed by atoms with E-state index < -0.39 is 10.8 Å². The number of thioether (sulfide) groups is 9. The van der Waals surface area contributed by atoms with Crippen LogP contribution in [-0.2, 0) is 34.7 Å². The minimum Gasteiger partial charge on any atom is -0.455 e. The molecular weight excluding hydrogens is 701 g/mol. The Bertz CT molecular complexity index is 648. The van der Waals surface area contributed by atoms with Crippen molar-refractivity contribution in [3.05, 3.63) is 0 Å². The molecule has 1 unspecified atom stereocenters. The summed E-state index contributed by atoms with van der Waals surface area (Å²) >= 11 is 13.8. The molecule has 0 aromatic carbocycles. The number of hydrogen-bond donors (Lipinski definition) is 2. The van der Waals surface area contributed by atoms with Gasteiger partial charge in [-0.05, 0) is 12.2 Å². The van der Waals surface area contributed by atoms with Crippen molar-refractivity contribution in [2.24, 2.45) is 0 Å². The SMILES string of the molecule is O=C(CCSCSCCCS(=O)CSCSCSC(=O)CCSCSCCC(=O)OCSCO)OCSCO. The van der Waals surface area contributed by atoms with E-state index in [1.54, 1.807) is 70.6 Å². The minimum atomic E-state index is -0.832. The van der Waals surface area contributed by atoms with E-state index in [-0.39, 0.29) is 40.8 Å². The van der Waals surface area contributed by atoms with E-state index in [9.17, 15) is 18.6 Å². The molecule has 0 aliphatic carbocycles. The van der Waals surface area contributed by atoms with Crippen molar-refractivity contribution in [2.75, 3.05) is 77.9 Å². The number of carbonyl (C=O) groups is 3. The Hall–Kier alpha value is 1.83. The molecule has 0 saturated carbocycles. The Labute approximate surface area is 273 Å². The summed E-state index contributed by atoms with van der Waals surface area (Å²) in [6, 6.07) is 0. The molecule has 0 heterocycles. The molecule has 0 radical (unpaired) electrons. The van der Waals surface area contributed by atoms with Gasteiger partial charge in [-0.2, -0.15) is 47.0 Å². The maximum absolute atomic E-state index is 12.1. The van der Waals surface area contributed by atoms with Gasteiger partial charge in [-0.15, -0.1) is 23.5 Å². The van der Waals surface area contributed by atoms with E-state index in [4.69, 9.17) is 19.7 Å². The van der Waals surface area contributed by atoms with Crippen molar-refractivity contribution in [1.29, 1.82) is 0 Å². The highest BCUT2D eigenvalue weighted by Crippen LogP contribution is 2.22. The standard InChI is InChI=1S/C21H38O8S10/c22-10-34-12-28-19(24)2-6-31-14-30-5-1-9-39(27)18-37-16-36-17-38-21(26)4-8-33-15-32-7-3-20(25)29-13-35-11-23/h22-23H,1-18H2. The van der Waals surface area contributed by atoms with Crippen molar-refractivity contribution in [3.8, 4) is 0 Å². The van der Waals surface area contributed by atoms with Crippen LogP contribution in [0.25, 0.3) is 0 Å². The highest BCUT2D eigenvalue weighted by Gasteiger charge is 2.06. The van der Waals surface area contributed by atoms with Crippen LogP contribution in [0.2, 0.25) is 0 Å². The zero-order chi connectivity index (χ0) is 28.8. The summed E-state index contributed by atoms with van der Waals surface area (Å²) in [6.07, 6.45) is 2.16. The normalized spacial score (nSPS) is 11.8. The molecule has 0 aliphatic heterocycles. The Morgan fingerprint density at radius 1 is 0.615 bits per heavy atom. The number of rotatable bonds is 29. The van der Waals surface area contributed by atoms with Crippen LogP contribution in [0.4, 0.5) is 0 Å². The van der Waals surface area contributed by atoms with E-state index in [2.05, 4.69) is 0 Å². The van der Waals surface area contributed by atoms with Crippen LogP contribution in [-0.4, -0.2) is 109 Å². The Kier molecular flexibility index (Phi) is 34.3. The first-order valence-corrected chi connectivity index (χ1v) is 23.4. The molecule has 8 nitrogen and oxygen atoms in total. The van der Waals surface area contributed by atoms with Crippen LogP contribution in [0, 0.1) is 0 Å². The molecule has 0 aromatic heterocycles. The van der Waals surface area contributed by atoms with Gasteiger partial charge in [0.15, 0.2) is 5.12 Å². The molecule has 0 bridgehead atoms. The van der Waals surface area contributed by atoms with Crippen LogP contribution < -0.4 is 0 Å². The zero-order valence-corrected chi connectivity index (χ0v) is 29.8. The average Bonchev–Trinajstić information content (AvgIpc) is 2.91. The molecular formula is C21H38O8S10. The lowest BCUT2D eigenvalue weighted by Crippen LogP contribution is -2.05. The largest absolute Gasteiger partial charge is 0.455 e.